The first kappa shape index (κ1) is 12.1. The van der Waals surface area contributed by atoms with E-state index >= 15 is 0 Å². The Balaban J connectivity index is 2.23. The van der Waals surface area contributed by atoms with Crippen molar-refractivity contribution in [1.82, 2.24) is 14.8 Å². The van der Waals surface area contributed by atoms with Gasteiger partial charge in [0.25, 0.3) is 0 Å². The topological polar surface area (TPSA) is 67.8 Å². The molecule has 0 amide bonds. The molecule has 2 aromatic rings. The van der Waals surface area contributed by atoms with Crippen molar-refractivity contribution in [1.29, 1.82) is 0 Å². The number of aromatic amines is 1. The SMILES string of the molecule is CCCn1c(Sc2csc(C=O)c2)n[nH]c1=O. The number of hydrogen-bond donors (Lipinski definition) is 1. The first-order valence-electron chi connectivity index (χ1n) is 5.11. The number of H-pyrrole nitrogens is 1. The van der Waals surface area contributed by atoms with E-state index in [0.717, 1.165) is 17.6 Å². The molecule has 90 valence electrons. The van der Waals surface area contributed by atoms with E-state index in [4.69, 9.17) is 0 Å². The summed E-state index contributed by atoms with van der Waals surface area (Å²) >= 11 is 2.76. The van der Waals surface area contributed by atoms with Crippen molar-refractivity contribution >= 4 is 29.4 Å². The van der Waals surface area contributed by atoms with Crippen LogP contribution in [0.4, 0.5) is 0 Å². The molecule has 0 fully saturated rings. The number of aromatic nitrogens is 3. The molecule has 2 heterocycles. The Bertz CT molecular complexity index is 570. The summed E-state index contributed by atoms with van der Waals surface area (Å²) in [5, 5.41) is 8.91. The quantitative estimate of drug-likeness (QED) is 0.843. The van der Waals surface area contributed by atoms with Crippen molar-refractivity contribution in [3.63, 3.8) is 0 Å². The van der Waals surface area contributed by atoms with E-state index in [1.165, 1.54) is 23.1 Å². The summed E-state index contributed by atoms with van der Waals surface area (Å²) in [4.78, 5) is 23.6. The molecule has 5 nitrogen and oxygen atoms in total. The number of thiophene rings is 1. The van der Waals surface area contributed by atoms with Gasteiger partial charge in [0.15, 0.2) is 11.4 Å². The molecule has 0 aliphatic carbocycles. The average Bonchev–Trinajstić information content (AvgIpc) is 2.91. The summed E-state index contributed by atoms with van der Waals surface area (Å²) in [6, 6.07) is 1.79. The van der Waals surface area contributed by atoms with Crippen LogP contribution < -0.4 is 5.69 Å². The van der Waals surface area contributed by atoms with E-state index < -0.39 is 0 Å². The van der Waals surface area contributed by atoms with Gasteiger partial charge >= 0.3 is 5.69 Å². The van der Waals surface area contributed by atoms with Crippen LogP contribution in [0.5, 0.6) is 0 Å². The second kappa shape index (κ2) is 5.33. The molecule has 2 rings (SSSR count). The minimum atomic E-state index is -0.194. The zero-order chi connectivity index (χ0) is 12.3. The van der Waals surface area contributed by atoms with Crippen molar-refractivity contribution in [2.24, 2.45) is 0 Å². The Hall–Kier alpha value is -1.34. The number of aldehydes is 1. The van der Waals surface area contributed by atoms with Gasteiger partial charge in [-0.25, -0.2) is 9.89 Å². The number of carbonyl (C=O) groups is 1. The van der Waals surface area contributed by atoms with Crippen LogP contribution in [-0.2, 0) is 6.54 Å². The maximum atomic E-state index is 11.5. The van der Waals surface area contributed by atoms with Crippen molar-refractivity contribution < 1.29 is 4.79 Å². The summed E-state index contributed by atoms with van der Waals surface area (Å²) < 4.78 is 1.60. The molecule has 0 saturated heterocycles. The fourth-order valence-corrected chi connectivity index (χ4v) is 3.11. The van der Waals surface area contributed by atoms with Crippen LogP contribution in [0.15, 0.2) is 26.3 Å². The summed E-state index contributed by atoms with van der Waals surface area (Å²) in [6.07, 6.45) is 1.69. The van der Waals surface area contributed by atoms with Crippen molar-refractivity contribution in [3.05, 3.63) is 26.8 Å². The van der Waals surface area contributed by atoms with Gasteiger partial charge in [-0.15, -0.1) is 16.4 Å². The highest BCUT2D eigenvalue weighted by molar-refractivity contribution is 7.99. The second-order valence-corrected chi connectivity index (χ2v) is 5.35. The molecule has 0 bridgehead atoms. The molecule has 0 unspecified atom stereocenters. The summed E-state index contributed by atoms with van der Waals surface area (Å²) in [5.41, 5.74) is -0.194. The van der Waals surface area contributed by atoms with Crippen molar-refractivity contribution in [3.8, 4) is 0 Å². The van der Waals surface area contributed by atoms with Gasteiger partial charge < -0.3 is 0 Å². The Labute approximate surface area is 106 Å². The zero-order valence-corrected chi connectivity index (χ0v) is 10.8. The van der Waals surface area contributed by atoms with Crippen LogP contribution in [0.2, 0.25) is 0 Å². The number of nitrogens with one attached hydrogen (secondary N) is 1. The summed E-state index contributed by atoms with van der Waals surface area (Å²) in [7, 11) is 0. The number of nitrogens with zero attached hydrogens (tertiary/aromatic N) is 2. The Morgan fingerprint density at radius 3 is 3.12 bits per heavy atom. The van der Waals surface area contributed by atoms with Crippen molar-refractivity contribution in [2.45, 2.75) is 29.9 Å². The minimum Gasteiger partial charge on any atom is -0.297 e. The summed E-state index contributed by atoms with van der Waals surface area (Å²) in [5.74, 6) is 0. The van der Waals surface area contributed by atoms with Crippen LogP contribution in [0.3, 0.4) is 0 Å². The van der Waals surface area contributed by atoms with Gasteiger partial charge in [-0.3, -0.25) is 9.36 Å². The van der Waals surface area contributed by atoms with Crippen molar-refractivity contribution in [2.75, 3.05) is 0 Å². The third kappa shape index (κ3) is 2.67. The highest BCUT2D eigenvalue weighted by Crippen LogP contribution is 2.28. The largest absolute Gasteiger partial charge is 0.343 e. The lowest BCUT2D eigenvalue weighted by Gasteiger charge is -2.01. The maximum Gasteiger partial charge on any atom is 0.343 e. The maximum absolute atomic E-state index is 11.5. The van der Waals surface area contributed by atoms with Crippen LogP contribution in [0.1, 0.15) is 23.0 Å². The van der Waals surface area contributed by atoms with Crippen LogP contribution in [0.25, 0.3) is 0 Å². The van der Waals surface area contributed by atoms with E-state index in [0.29, 0.717) is 16.6 Å². The predicted molar refractivity (Wildman–Crippen MR) is 67.0 cm³/mol. The molecular formula is C10H11N3O2S2. The van der Waals surface area contributed by atoms with Gasteiger partial charge in [-0.2, -0.15) is 0 Å². The minimum absolute atomic E-state index is 0.194. The molecule has 0 atom stereocenters. The third-order valence-corrected chi connectivity index (χ3v) is 4.06. The summed E-state index contributed by atoms with van der Waals surface area (Å²) in [6.45, 7) is 2.64. The molecule has 0 aromatic carbocycles. The molecule has 0 aliphatic rings. The van der Waals surface area contributed by atoms with Gasteiger partial charge in [0, 0.05) is 16.8 Å². The van der Waals surface area contributed by atoms with E-state index in [-0.39, 0.29) is 5.69 Å². The molecule has 7 heteroatoms. The smallest absolute Gasteiger partial charge is 0.297 e. The van der Waals surface area contributed by atoms with Gasteiger partial charge in [0.05, 0.1) is 4.88 Å². The lowest BCUT2D eigenvalue weighted by Crippen LogP contribution is -2.17. The van der Waals surface area contributed by atoms with Crippen LogP contribution in [-0.4, -0.2) is 21.1 Å². The second-order valence-electron chi connectivity index (χ2n) is 3.37. The molecule has 1 N–H and O–H groups in total. The van der Waals surface area contributed by atoms with E-state index in [1.807, 2.05) is 12.3 Å². The number of carbonyl (C=O) groups excluding carboxylic acids is 1. The van der Waals surface area contributed by atoms with Gasteiger partial charge in [-0.1, -0.05) is 6.92 Å². The van der Waals surface area contributed by atoms with Gasteiger partial charge in [0.1, 0.15) is 0 Å². The fraction of sp³-hybridized carbons (Fsp3) is 0.300. The fourth-order valence-electron chi connectivity index (χ4n) is 1.36. The number of rotatable bonds is 5. The van der Waals surface area contributed by atoms with E-state index in [2.05, 4.69) is 10.2 Å². The first-order chi connectivity index (χ1) is 8.24. The predicted octanol–water partition coefficient (Wildman–Crippen LogP) is 2.01. The van der Waals surface area contributed by atoms with Gasteiger partial charge in [-0.05, 0) is 24.2 Å². The lowest BCUT2D eigenvalue weighted by molar-refractivity contribution is 0.112. The Morgan fingerprint density at radius 1 is 1.65 bits per heavy atom. The Morgan fingerprint density at radius 2 is 2.47 bits per heavy atom. The molecular weight excluding hydrogens is 258 g/mol. The molecule has 0 spiro atoms. The third-order valence-electron chi connectivity index (χ3n) is 2.09. The molecule has 17 heavy (non-hydrogen) atoms. The standard InChI is InChI=1S/C10H11N3O2S2/c1-2-3-13-9(15)11-12-10(13)17-8-4-7(5-14)16-6-8/h4-6H,2-3H2,1H3,(H,11,15). The van der Waals surface area contributed by atoms with Crippen LogP contribution in [0, 0.1) is 0 Å². The molecule has 0 radical (unpaired) electrons. The molecule has 0 saturated carbocycles. The zero-order valence-electron chi connectivity index (χ0n) is 9.17. The average molecular weight is 269 g/mol. The van der Waals surface area contributed by atoms with Crippen LogP contribution >= 0.6 is 23.1 Å². The highest BCUT2D eigenvalue weighted by Gasteiger charge is 2.10. The van der Waals surface area contributed by atoms with E-state index in [9.17, 15) is 9.59 Å². The van der Waals surface area contributed by atoms with E-state index in [1.54, 1.807) is 10.6 Å². The monoisotopic (exact) mass is 269 g/mol. The first-order valence-corrected chi connectivity index (χ1v) is 6.81. The highest BCUT2D eigenvalue weighted by atomic mass is 32.2. The van der Waals surface area contributed by atoms with Gasteiger partial charge in [0.2, 0.25) is 0 Å². The lowest BCUT2D eigenvalue weighted by atomic mass is 10.5. The molecule has 0 aliphatic heterocycles. The Kier molecular flexibility index (Phi) is 3.80. The number of hydrogen-bond acceptors (Lipinski definition) is 5. The normalized spacial score (nSPS) is 10.6. The molecule has 2 aromatic heterocycles.